The predicted molar refractivity (Wildman–Crippen MR) is 164 cm³/mol. The Bertz CT molecular complexity index is 1270. The van der Waals surface area contributed by atoms with Gasteiger partial charge in [0.2, 0.25) is 10.0 Å². The first-order chi connectivity index (χ1) is 19.6. The lowest BCUT2D eigenvalue weighted by atomic mass is 9.78. The summed E-state index contributed by atoms with van der Waals surface area (Å²) < 4.78 is 33.5. The van der Waals surface area contributed by atoms with Crippen LogP contribution in [0.15, 0.2) is 41.3 Å². The fourth-order valence-electron chi connectivity index (χ4n) is 6.68. The standard InChI is InChI=1S/C32H48N4O4S/c1-23-22-29(40-5)24(2)25(3)31(23)41(38,39)35(4)19-11-18-33-32(37)34-28-16-14-27(15-17-28)30(36-20-9-10-21-36)26-12-7-6-8-13-26/h6-8,12-13,22,27-28,30H,9-11,14-21H2,1-5H3,(H2,33,34,37). The minimum Gasteiger partial charge on any atom is -0.496 e. The maximum absolute atomic E-state index is 13.3. The lowest BCUT2D eigenvalue weighted by molar-refractivity contribution is 0.133. The van der Waals surface area contributed by atoms with Crippen LogP contribution in [0.3, 0.4) is 0 Å². The average Bonchev–Trinajstić information content (AvgIpc) is 3.49. The quantitative estimate of drug-likeness (QED) is 0.349. The summed E-state index contributed by atoms with van der Waals surface area (Å²) in [6, 6.07) is 13.2. The van der Waals surface area contributed by atoms with Gasteiger partial charge in [-0.2, -0.15) is 0 Å². The Morgan fingerprint density at radius 2 is 1.71 bits per heavy atom. The van der Waals surface area contributed by atoms with Crippen molar-refractivity contribution in [1.82, 2.24) is 19.8 Å². The number of ether oxygens (including phenoxy) is 1. The molecule has 1 saturated carbocycles. The van der Waals surface area contributed by atoms with Gasteiger partial charge in [0.05, 0.1) is 12.0 Å². The first-order valence-electron chi connectivity index (χ1n) is 15.1. The summed E-state index contributed by atoms with van der Waals surface area (Å²) in [5.41, 5.74) is 3.61. The third-order valence-corrected chi connectivity index (χ3v) is 11.2. The van der Waals surface area contributed by atoms with Crippen LogP contribution in [0.2, 0.25) is 0 Å². The molecule has 1 heterocycles. The zero-order valence-corrected chi connectivity index (χ0v) is 26.2. The molecular formula is C32H48N4O4S. The number of aryl methyl sites for hydroxylation is 1. The Labute approximate surface area is 246 Å². The topological polar surface area (TPSA) is 91.0 Å². The summed E-state index contributed by atoms with van der Waals surface area (Å²) in [6.45, 7) is 8.56. The van der Waals surface area contributed by atoms with Crippen molar-refractivity contribution in [3.63, 3.8) is 0 Å². The average molecular weight is 585 g/mol. The van der Waals surface area contributed by atoms with E-state index in [-0.39, 0.29) is 12.1 Å². The van der Waals surface area contributed by atoms with Gasteiger partial charge in [0.1, 0.15) is 5.75 Å². The van der Waals surface area contributed by atoms with Gasteiger partial charge in [-0.3, -0.25) is 4.90 Å². The van der Waals surface area contributed by atoms with Crippen molar-refractivity contribution in [2.24, 2.45) is 5.92 Å². The van der Waals surface area contributed by atoms with E-state index >= 15 is 0 Å². The number of urea groups is 1. The summed E-state index contributed by atoms with van der Waals surface area (Å²) >= 11 is 0. The number of sulfonamides is 1. The van der Waals surface area contributed by atoms with Gasteiger partial charge in [0, 0.05) is 32.2 Å². The second-order valence-corrected chi connectivity index (χ2v) is 13.7. The van der Waals surface area contributed by atoms with Gasteiger partial charge < -0.3 is 15.4 Å². The van der Waals surface area contributed by atoms with E-state index in [0.29, 0.717) is 53.2 Å². The number of nitrogens with one attached hydrogen (secondary N) is 2. The Hall–Kier alpha value is -2.62. The lowest BCUT2D eigenvalue weighted by Gasteiger charge is -2.39. The highest BCUT2D eigenvalue weighted by molar-refractivity contribution is 7.89. The molecule has 1 saturated heterocycles. The second kappa shape index (κ2) is 14.0. The number of hydrogen-bond donors (Lipinski definition) is 2. The molecule has 226 valence electrons. The van der Waals surface area contributed by atoms with Crippen LogP contribution < -0.4 is 15.4 Å². The Morgan fingerprint density at radius 3 is 2.34 bits per heavy atom. The van der Waals surface area contributed by atoms with Gasteiger partial charge in [-0.1, -0.05) is 30.3 Å². The fraction of sp³-hybridized carbons (Fsp3) is 0.594. The smallest absolute Gasteiger partial charge is 0.315 e. The van der Waals surface area contributed by atoms with Crippen molar-refractivity contribution in [1.29, 1.82) is 0 Å². The van der Waals surface area contributed by atoms with Crippen LogP contribution in [0.1, 0.15) is 73.2 Å². The minimum absolute atomic E-state index is 0.171. The SMILES string of the molecule is COc1cc(C)c(S(=O)(=O)N(C)CCCNC(=O)NC2CCC(C(c3ccccc3)N3CCCC3)CC2)c(C)c1C. The van der Waals surface area contributed by atoms with Crippen LogP contribution in [0.25, 0.3) is 0 Å². The molecule has 2 amide bonds. The summed E-state index contributed by atoms with van der Waals surface area (Å²) in [7, 11) is -0.480. The number of rotatable bonds is 11. The van der Waals surface area contributed by atoms with Crippen LogP contribution in [-0.2, 0) is 10.0 Å². The number of nitrogens with zero attached hydrogens (tertiary/aromatic N) is 2. The van der Waals surface area contributed by atoms with E-state index in [4.69, 9.17) is 4.74 Å². The van der Waals surface area contributed by atoms with Crippen molar-refractivity contribution >= 4 is 16.1 Å². The molecule has 4 rings (SSSR count). The molecule has 1 aliphatic carbocycles. The molecule has 1 aliphatic heterocycles. The minimum atomic E-state index is -3.66. The molecule has 1 unspecified atom stereocenters. The molecule has 2 fully saturated rings. The first-order valence-corrected chi connectivity index (χ1v) is 16.5. The maximum atomic E-state index is 13.3. The number of amides is 2. The van der Waals surface area contributed by atoms with E-state index in [1.54, 1.807) is 27.1 Å². The molecule has 0 aromatic heterocycles. The van der Waals surface area contributed by atoms with E-state index in [1.807, 2.05) is 13.8 Å². The van der Waals surface area contributed by atoms with Crippen LogP contribution in [0, 0.1) is 26.7 Å². The molecule has 2 N–H and O–H groups in total. The molecule has 8 nitrogen and oxygen atoms in total. The summed E-state index contributed by atoms with van der Waals surface area (Å²) in [5, 5.41) is 6.09. The van der Waals surface area contributed by atoms with E-state index in [0.717, 1.165) is 31.2 Å². The van der Waals surface area contributed by atoms with Crippen LogP contribution in [0.4, 0.5) is 4.79 Å². The summed E-state index contributed by atoms with van der Waals surface area (Å²) in [4.78, 5) is 15.6. The van der Waals surface area contributed by atoms with Crippen molar-refractivity contribution < 1.29 is 17.9 Å². The van der Waals surface area contributed by atoms with Gasteiger partial charge >= 0.3 is 6.03 Å². The van der Waals surface area contributed by atoms with E-state index in [2.05, 4.69) is 45.9 Å². The Balaban J connectivity index is 1.22. The zero-order valence-electron chi connectivity index (χ0n) is 25.4. The van der Waals surface area contributed by atoms with E-state index in [9.17, 15) is 13.2 Å². The van der Waals surface area contributed by atoms with Gasteiger partial charge in [-0.15, -0.1) is 0 Å². The molecule has 0 spiro atoms. The molecule has 0 bridgehead atoms. The second-order valence-electron chi connectivity index (χ2n) is 11.8. The predicted octanol–water partition coefficient (Wildman–Crippen LogP) is 5.33. The number of benzene rings is 2. The van der Waals surface area contributed by atoms with Crippen molar-refractivity contribution in [3.05, 3.63) is 58.7 Å². The van der Waals surface area contributed by atoms with Crippen LogP contribution >= 0.6 is 0 Å². The number of methoxy groups -OCH3 is 1. The molecule has 9 heteroatoms. The van der Waals surface area contributed by atoms with Gasteiger partial charge in [0.25, 0.3) is 0 Å². The van der Waals surface area contributed by atoms with Crippen LogP contribution in [0.5, 0.6) is 5.75 Å². The number of likely N-dealkylation sites (tertiary alicyclic amines) is 1. The monoisotopic (exact) mass is 584 g/mol. The molecular weight excluding hydrogens is 536 g/mol. The number of hydrogen-bond acceptors (Lipinski definition) is 5. The van der Waals surface area contributed by atoms with Crippen molar-refractivity contribution in [2.75, 3.05) is 40.3 Å². The largest absolute Gasteiger partial charge is 0.496 e. The first kappa shape index (κ1) is 31.3. The molecule has 2 aromatic rings. The van der Waals surface area contributed by atoms with E-state index in [1.165, 1.54) is 35.8 Å². The van der Waals surface area contributed by atoms with Crippen LogP contribution in [-0.4, -0.2) is 70.0 Å². The normalized spacial score (nSPS) is 20.6. The summed E-state index contributed by atoms with van der Waals surface area (Å²) in [6.07, 6.45) is 7.26. The molecule has 2 aromatic carbocycles. The van der Waals surface area contributed by atoms with Crippen molar-refractivity contribution in [2.45, 2.75) is 82.7 Å². The van der Waals surface area contributed by atoms with Gasteiger partial charge in [-0.25, -0.2) is 17.5 Å². The highest BCUT2D eigenvalue weighted by Gasteiger charge is 2.34. The fourth-order valence-corrected chi connectivity index (χ4v) is 8.36. The maximum Gasteiger partial charge on any atom is 0.315 e. The molecule has 0 radical (unpaired) electrons. The third kappa shape index (κ3) is 7.43. The molecule has 2 aliphatic rings. The third-order valence-electron chi connectivity index (χ3n) is 9.03. The van der Waals surface area contributed by atoms with Gasteiger partial charge in [0.15, 0.2) is 0 Å². The Kier molecular flexibility index (Phi) is 10.7. The van der Waals surface area contributed by atoms with Crippen molar-refractivity contribution in [3.8, 4) is 5.75 Å². The van der Waals surface area contributed by atoms with Gasteiger partial charge in [-0.05, 0) is 113 Å². The molecule has 1 atom stereocenters. The zero-order chi connectivity index (χ0) is 29.6. The van der Waals surface area contributed by atoms with E-state index < -0.39 is 10.0 Å². The molecule has 41 heavy (non-hydrogen) atoms. The highest BCUT2D eigenvalue weighted by atomic mass is 32.2. The highest BCUT2D eigenvalue weighted by Crippen LogP contribution is 2.40. The number of carbonyl (C=O) groups excluding carboxylic acids is 1. The Morgan fingerprint density at radius 1 is 1.05 bits per heavy atom. The lowest BCUT2D eigenvalue weighted by Crippen LogP contribution is -2.45. The summed E-state index contributed by atoms with van der Waals surface area (Å²) in [5.74, 6) is 1.30. The number of carbonyl (C=O) groups is 1.